The van der Waals surface area contributed by atoms with Crippen molar-refractivity contribution in [2.75, 3.05) is 5.33 Å². The van der Waals surface area contributed by atoms with Gasteiger partial charge in [0.25, 0.3) is 0 Å². The predicted octanol–water partition coefficient (Wildman–Crippen LogP) is 1.19. The summed E-state index contributed by atoms with van der Waals surface area (Å²) in [7, 11) is 0. The van der Waals surface area contributed by atoms with Gasteiger partial charge in [0.05, 0.1) is 11.9 Å². The molecule has 0 radical (unpaired) electrons. The second-order valence-corrected chi connectivity index (χ2v) is 3.45. The van der Waals surface area contributed by atoms with Gasteiger partial charge in [-0.3, -0.25) is 4.79 Å². The first-order chi connectivity index (χ1) is 6.76. The summed E-state index contributed by atoms with van der Waals surface area (Å²) < 4.78 is 0. The van der Waals surface area contributed by atoms with Gasteiger partial charge in [0.15, 0.2) is 0 Å². The maximum absolute atomic E-state index is 10.9. The van der Waals surface area contributed by atoms with E-state index in [4.69, 9.17) is 5.11 Å². The van der Waals surface area contributed by atoms with Crippen molar-refractivity contribution in [3.8, 4) is 0 Å². The Morgan fingerprint density at radius 2 is 1.86 bits per heavy atom. The molecule has 0 fully saturated rings. The number of rotatable bonds is 4. The Balaban J connectivity index is 2.47. The molecule has 4 heteroatoms. The number of benzene rings is 1. The fourth-order valence-electron chi connectivity index (χ4n) is 1.01. The minimum atomic E-state index is -0.0313. The van der Waals surface area contributed by atoms with Crippen molar-refractivity contribution in [3.05, 3.63) is 35.4 Å². The molecule has 0 aliphatic rings. The van der Waals surface area contributed by atoms with Gasteiger partial charge in [-0.05, 0) is 11.1 Å². The van der Waals surface area contributed by atoms with Gasteiger partial charge in [-0.2, -0.15) is 0 Å². The minimum Gasteiger partial charge on any atom is -0.392 e. The highest BCUT2D eigenvalue weighted by Gasteiger charge is 1.98. The largest absolute Gasteiger partial charge is 0.392 e. The number of aliphatic hydroxyl groups is 1. The molecule has 1 aromatic rings. The topological polar surface area (TPSA) is 49.3 Å². The van der Waals surface area contributed by atoms with Crippen molar-refractivity contribution in [1.82, 2.24) is 5.32 Å². The highest BCUT2D eigenvalue weighted by Crippen LogP contribution is 2.03. The van der Waals surface area contributed by atoms with Crippen molar-refractivity contribution < 1.29 is 9.90 Å². The summed E-state index contributed by atoms with van der Waals surface area (Å²) in [6.07, 6.45) is 0. The molecule has 76 valence electrons. The molecule has 0 heterocycles. The summed E-state index contributed by atoms with van der Waals surface area (Å²) in [6.45, 7) is 0.574. The van der Waals surface area contributed by atoms with Crippen molar-refractivity contribution in [2.24, 2.45) is 0 Å². The third-order valence-electron chi connectivity index (χ3n) is 1.82. The van der Waals surface area contributed by atoms with Gasteiger partial charge in [-0.1, -0.05) is 40.2 Å². The Morgan fingerprint density at radius 1 is 1.29 bits per heavy atom. The highest BCUT2D eigenvalue weighted by atomic mass is 79.9. The number of hydrogen-bond donors (Lipinski definition) is 2. The van der Waals surface area contributed by atoms with E-state index >= 15 is 0 Å². The smallest absolute Gasteiger partial charge is 0.230 e. The molecule has 0 aliphatic carbocycles. The zero-order chi connectivity index (χ0) is 10.4. The maximum Gasteiger partial charge on any atom is 0.230 e. The molecule has 3 nitrogen and oxygen atoms in total. The first-order valence-corrected chi connectivity index (χ1v) is 5.39. The molecular weight excluding hydrogens is 246 g/mol. The van der Waals surface area contributed by atoms with E-state index in [-0.39, 0.29) is 12.5 Å². The molecule has 0 aliphatic heterocycles. The molecule has 0 atom stereocenters. The van der Waals surface area contributed by atoms with E-state index in [9.17, 15) is 4.79 Å². The van der Waals surface area contributed by atoms with E-state index in [0.717, 1.165) is 11.1 Å². The number of amides is 1. The highest BCUT2D eigenvalue weighted by molar-refractivity contribution is 9.09. The average Bonchev–Trinajstić information content (AvgIpc) is 2.26. The van der Waals surface area contributed by atoms with Gasteiger partial charge in [0.2, 0.25) is 5.91 Å². The van der Waals surface area contributed by atoms with E-state index in [2.05, 4.69) is 21.2 Å². The van der Waals surface area contributed by atoms with Gasteiger partial charge in [0, 0.05) is 6.54 Å². The van der Waals surface area contributed by atoms with E-state index < -0.39 is 0 Å². The lowest BCUT2D eigenvalue weighted by atomic mass is 10.1. The van der Waals surface area contributed by atoms with Crippen LogP contribution in [0.5, 0.6) is 0 Å². The number of carbonyl (C=O) groups is 1. The zero-order valence-electron chi connectivity index (χ0n) is 7.66. The van der Waals surface area contributed by atoms with Gasteiger partial charge < -0.3 is 10.4 Å². The second-order valence-electron chi connectivity index (χ2n) is 2.88. The standard InChI is InChI=1S/C10H12BrNO2/c11-5-10(14)12-6-8-1-3-9(7-13)4-2-8/h1-4,13H,5-7H2,(H,12,14). The van der Waals surface area contributed by atoms with E-state index in [1.807, 2.05) is 24.3 Å². The van der Waals surface area contributed by atoms with Crippen LogP contribution in [-0.2, 0) is 17.9 Å². The van der Waals surface area contributed by atoms with Gasteiger partial charge >= 0.3 is 0 Å². The predicted molar refractivity (Wildman–Crippen MR) is 58.0 cm³/mol. The molecule has 1 rings (SSSR count). The molecule has 0 spiro atoms. The quantitative estimate of drug-likeness (QED) is 0.797. The molecule has 2 N–H and O–H groups in total. The monoisotopic (exact) mass is 257 g/mol. The first-order valence-electron chi connectivity index (χ1n) is 4.27. The van der Waals surface area contributed by atoms with Gasteiger partial charge in [-0.25, -0.2) is 0 Å². The van der Waals surface area contributed by atoms with Crippen LogP contribution in [0.25, 0.3) is 0 Å². The summed E-state index contributed by atoms with van der Waals surface area (Å²) in [5.74, 6) is -0.0313. The van der Waals surface area contributed by atoms with Crippen LogP contribution in [0.15, 0.2) is 24.3 Å². The molecule has 0 aromatic heterocycles. The lowest BCUT2D eigenvalue weighted by molar-refractivity contribution is -0.118. The molecule has 0 saturated heterocycles. The number of halogens is 1. The number of carbonyl (C=O) groups excluding carboxylic acids is 1. The fraction of sp³-hybridized carbons (Fsp3) is 0.300. The van der Waals surface area contributed by atoms with Crippen molar-refractivity contribution >= 4 is 21.8 Å². The van der Waals surface area contributed by atoms with Crippen LogP contribution in [0.2, 0.25) is 0 Å². The Kier molecular flexibility index (Phi) is 4.62. The van der Waals surface area contributed by atoms with Crippen LogP contribution in [0.4, 0.5) is 0 Å². The summed E-state index contributed by atoms with van der Waals surface area (Å²) in [6, 6.07) is 7.46. The molecule has 0 saturated carbocycles. The molecule has 14 heavy (non-hydrogen) atoms. The van der Waals surface area contributed by atoms with Crippen molar-refractivity contribution in [1.29, 1.82) is 0 Å². The van der Waals surface area contributed by atoms with Crippen LogP contribution >= 0.6 is 15.9 Å². The number of alkyl halides is 1. The van der Waals surface area contributed by atoms with Crippen LogP contribution < -0.4 is 5.32 Å². The van der Waals surface area contributed by atoms with E-state index in [1.54, 1.807) is 0 Å². The summed E-state index contributed by atoms with van der Waals surface area (Å²) in [4.78, 5) is 10.9. The lowest BCUT2D eigenvalue weighted by Crippen LogP contribution is -2.23. The van der Waals surface area contributed by atoms with Gasteiger partial charge in [0.1, 0.15) is 0 Å². The van der Waals surface area contributed by atoms with Crippen molar-refractivity contribution in [2.45, 2.75) is 13.2 Å². The Hall–Kier alpha value is -0.870. The van der Waals surface area contributed by atoms with Crippen LogP contribution in [0, 0.1) is 0 Å². The third-order valence-corrected chi connectivity index (χ3v) is 2.33. The minimum absolute atomic E-state index is 0.0313. The molecule has 1 aromatic carbocycles. The van der Waals surface area contributed by atoms with Gasteiger partial charge in [-0.15, -0.1) is 0 Å². The molecule has 0 bridgehead atoms. The molecular formula is C10H12BrNO2. The summed E-state index contributed by atoms with van der Waals surface area (Å²) in [5.41, 5.74) is 1.90. The van der Waals surface area contributed by atoms with E-state index in [1.165, 1.54) is 0 Å². The first kappa shape index (κ1) is 11.2. The third kappa shape index (κ3) is 3.47. The number of nitrogens with one attached hydrogen (secondary N) is 1. The SMILES string of the molecule is O=C(CBr)NCc1ccc(CO)cc1. The number of aliphatic hydroxyl groups excluding tert-OH is 1. The zero-order valence-corrected chi connectivity index (χ0v) is 9.25. The van der Waals surface area contributed by atoms with Crippen molar-refractivity contribution in [3.63, 3.8) is 0 Å². The van der Waals surface area contributed by atoms with Crippen LogP contribution in [0.1, 0.15) is 11.1 Å². The second kappa shape index (κ2) is 5.78. The van der Waals surface area contributed by atoms with Crippen LogP contribution in [-0.4, -0.2) is 16.3 Å². The lowest BCUT2D eigenvalue weighted by Gasteiger charge is -2.03. The maximum atomic E-state index is 10.9. The molecule has 1 amide bonds. The van der Waals surface area contributed by atoms with E-state index in [0.29, 0.717) is 11.9 Å². The normalized spacial score (nSPS) is 9.86. The molecule has 0 unspecified atom stereocenters. The fourth-order valence-corrected chi connectivity index (χ4v) is 1.21. The Morgan fingerprint density at radius 3 is 2.36 bits per heavy atom. The summed E-state index contributed by atoms with van der Waals surface area (Å²) >= 11 is 3.07. The average molecular weight is 258 g/mol. The Labute approximate surface area is 91.3 Å². The van der Waals surface area contributed by atoms with Crippen LogP contribution in [0.3, 0.4) is 0 Å². The Bertz CT molecular complexity index is 297. The summed E-state index contributed by atoms with van der Waals surface area (Å²) in [5, 5.41) is 11.9. The number of hydrogen-bond acceptors (Lipinski definition) is 2.